The molecule has 25 heavy (non-hydrogen) atoms. The van der Waals surface area contributed by atoms with E-state index in [4.69, 9.17) is 0 Å². The van der Waals surface area contributed by atoms with Crippen LogP contribution in [0.3, 0.4) is 0 Å². The van der Waals surface area contributed by atoms with E-state index in [-0.39, 0.29) is 24.1 Å². The highest BCUT2D eigenvalue weighted by Crippen LogP contribution is 2.16. The summed E-state index contributed by atoms with van der Waals surface area (Å²) in [5, 5.41) is 10.8. The Labute approximate surface area is 145 Å². The van der Waals surface area contributed by atoms with Crippen molar-refractivity contribution in [3.05, 3.63) is 75.2 Å². The Kier molecular flexibility index (Phi) is 4.65. The number of carboxylic acids is 1. The van der Waals surface area contributed by atoms with Crippen LogP contribution in [0.2, 0.25) is 0 Å². The summed E-state index contributed by atoms with van der Waals surface area (Å²) >= 11 is 0. The quantitative estimate of drug-likeness (QED) is 0.712. The lowest BCUT2D eigenvalue weighted by molar-refractivity contribution is -0.305. The van der Waals surface area contributed by atoms with Gasteiger partial charge >= 0.3 is 0 Å². The minimum Gasteiger partial charge on any atom is -0.550 e. The lowest BCUT2D eigenvalue weighted by Crippen LogP contribution is -2.29. The van der Waals surface area contributed by atoms with Crippen LogP contribution in [0, 0.1) is 13.8 Å². The number of aliphatic carboxylic acids is 1. The van der Waals surface area contributed by atoms with Crippen LogP contribution >= 0.6 is 0 Å². The second kappa shape index (κ2) is 6.89. The van der Waals surface area contributed by atoms with Crippen LogP contribution in [0.1, 0.15) is 28.8 Å². The first-order valence-corrected chi connectivity index (χ1v) is 8.20. The Morgan fingerprint density at radius 2 is 1.92 bits per heavy atom. The summed E-state index contributed by atoms with van der Waals surface area (Å²) in [5.41, 5.74) is 4.73. The monoisotopic (exact) mass is 335 g/mol. The van der Waals surface area contributed by atoms with Crippen molar-refractivity contribution in [3.8, 4) is 0 Å². The van der Waals surface area contributed by atoms with E-state index in [9.17, 15) is 14.7 Å². The van der Waals surface area contributed by atoms with E-state index in [1.54, 1.807) is 4.57 Å². The van der Waals surface area contributed by atoms with E-state index in [0.717, 1.165) is 22.2 Å². The van der Waals surface area contributed by atoms with Crippen LogP contribution in [-0.2, 0) is 17.8 Å². The second-order valence-electron chi connectivity index (χ2n) is 6.24. The van der Waals surface area contributed by atoms with Gasteiger partial charge in [0.25, 0.3) is 5.56 Å². The SMILES string of the molecule is Cc1ccc(C)c(Cn2c(=O)c(CCC(=O)[O-])nc3ccccc32)c1. The molecular weight excluding hydrogens is 316 g/mol. The third kappa shape index (κ3) is 3.60. The van der Waals surface area contributed by atoms with Crippen LogP contribution in [0.25, 0.3) is 11.0 Å². The van der Waals surface area contributed by atoms with Gasteiger partial charge in [0, 0.05) is 12.4 Å². The number of carboxylic acid groups (broad SMARTS) is 1. The molecule has 5 heteroatoms. The normalized spacial score (nSPS) is 11.0. The molecule has 0 amide bonds. The molecule has 0 atom stereocenters. The van der Waals surface area contributed by atoms with E-state index in [1.807, 2.05) is 50.2 Å². The lowest BCUT2D eigenvalue weighted by atomic mass is 10.1. The molecule has 1 heterocycles. The van der Waals surface area contributed by atoms with Crippen molar-refractivity contribution in [1.29, 1.82) is 0 Å². The highest BCUT2D eigenvalue weighted by molar-refractivity contribution is 5.75. The van der Waals surface area contributed by atoms with Crippen LogP contribution in [0.4, 0.5) is 0 Å². The standard InChI is InChI=1S/C20H20N2O3/c1-13-7-8-14(2)15(11-13)12-22-18-6-4-3-5-16(18)21-17(20(22)25)9-10-19(23)24/h3-8,11H,9-10,12H2,1-2H3,(H,23,24)/p-1. The number of carbonyl (C=O) groups excluding carboxylic acids is 1. The van der Waals surface area contributed by atoms with E-state index in [0.29, 0.717) is 12.1 Å². The van der Waals surface area contributed by atoms with Crippen molar-refractivity contribution in [3.63, 3.8) is 0 Å². The molecule has 1 aromatic heterocycles. The number of rotatable bonds is 5. The average Bonchev–Trinajstić information content (AvgIpc) is 2.58. The molecular formula is C20H19N2O3-. The summed E-state index contributed by atoms with van der Waals surface area (Å²) < 4.78 is 1.68. The van der Waals surface area contributed by atoms with Gasteiger partial charge in [-0.1, -0.05) is 35.9 Å². The van der Waals surface area contributed by atoms with Crippen LogP contribution in [-0.4, -0.2) is 15.5 Å². The minimum absolute atomic E-state index is 0.0683. The first-order chi connectivity index (χ1) is 12.0. The maximum Gasteiger partial charge on any atom is 0.273 e. The summed E-state index contributed by atoms with van der Waals surface area (Å²) in [6.45, 7) is 4.45. The molecule has 0 aliphatic rings. The van der Waals surface area contributed by atoms with Gasteiger partial charge in [-0.2, -0.15) is 0 Å². The Morgan fingerprint density at radius 1 is 1.16 bits per heavy atom. The average molecular weight is 335 g/mol. The van der Waals surface area contributed by atoms with Gasteiger partial charge in [-0.05, 0) is 43.5 Å². The van der Waals surface area contributed by atoms with Crippen molar-refractivity contribution >= 4 is 17.0 Å². The Balaban J connectivity index is 2.14. The highest BCUT2D eigenvalue weighted by atomic mass is 16.4. The molecule has 3 rings (SSSR count). The van der Waals surface area contributed by atoms with Crippen LogP contribution in [0.15, 0.2) is 47.3 Å². The molecule has 0 aliphatic carbocycles. The zero-order valence-corrected chi connectivity index (χ0v) is 14.3. The molecule has 128 valence electrons. The van der Waals surface area contributed by atoms with Crippen molar-refractivity contribution in [2.75, 3.05) is 0 Å². The zero-order valence-electron chi connectivity index (χ0n) is 14.3. The number of para-hydroxylation sites is 2. The Morgan fingerprint density at radius 3 is 2.68 bits per heavy atom. The second-order valence-corrected chi connectivity index (χ2v) is 6.24. The molecule has 0 fully saturated rings. The fourth-order valence-corrected chi connectivity index (χ4v) is 2.93. The molecule has 3 aromatic rings. The fraction of sp³-hybridized carbons (Fsp3) is 0.250. The molecule has 0 saturated carbocycles. The highest BCUT2D eigenvalue weighted by Gasteiger charge is 2.12. The Bertz CT molecular complexity index is 1010. The number of aryl methyl sites for hydroxylation is 3. The Hall–Kier alpha value is -2.95. The maximum absolute atomic E-state index is 12.9. The van der Waals surface area contributed by atoms with E-state index in [1.165, 1.54) is 0 Å². The van der Waals surface area contributed by atoms with Gasteiger partial charge in [-0.25, -0.2) is 4.98 Å². The van der Waals surface area contributed by atoms with Gasteiger partial charge in [0.1, 0.15) is 5.69 Å². The zero-order chi connectivity index (χ0) is 18.0. The summed E-state index contributed by atoms with van der Waals surface area (Å²) in [6.07, 6.45) is -0.150. The molecule has 0 spiro atoms. The number of hydrogen-bond acceptors (Lipinski definition) is 4. The van der Waals surface area contributed by atoms with Crippen molar-refractivity contribution in [2.24, 2.45) is 0 Å². The molecule has 2 aromatic carbocycles. The smallest absolute Gasteiger partial charge is 0.273 e. The van der Waals surface area contributed by atoms with Gasteiger partial charge in [0.15, 0.2) is 0 Å². The van der Waals surface area contributed by atoms with Crippen LogP contribution < -0.4 is 10.7 Å². The predicted molar refractivity (Wildman–Crippen MR) is 94.3 cm³/mol. The van der Waals surface area contributed by atoms with E-state index >= 15 is 0 Å². The fourth-order valence-electron chi connectivity index (χ4n) is 2.93. The molecule has 5 nitrogen and oxygen atoms in total. The molecule has 0 N–H and O–H groups in total. The number of fused-ring (bicyclic) bond motifs is 1. The maximum atomic E-state index is 12.9. The summed E-state index contributed by atoms with van der Waals surface area (Å²) in [5.74, 6) is -1.18. The van der Waals surface area contributed by atoms with Crippen molar-refractivity contribution < 1.29 is 9.90 Å². The lowest BCUT2D eigenvalue weighted by Gasteiger charge is -2.14. The third-order valence-electron chi connectivity index (χ3n) is 4.32. The first kappa shape index (κ1) is 16.9. The number of hydrogen-bond donors (Lipinski definition) is 0. The summed E-state index contributed by atoms with van der Waals surface area (Å²) in [6, 6.07) is 13.5. The predicted octanol–water partition coefficient (Wildman–Crippen LogP) is 1.74. The van der Waals surface area contributed by atoms with E-state index < -0.39 is 5.97 Å². The van der Waals surface area contributed by atoms with E-state index in [2.05, 4.69) is 11.1 Å². The number of benzene rings is 2. The van der Waals surface area contributed by atoms with Gasteiger partial charge in [0.05, 0.1) is 17.6 Å². The van der Waals surface area contributed by atoms with Gasteiger partial charge in [-0.3, -0.25) is 4.79 Å². The van der Waals surface area contributed by atoms with Gasteiger partial charge in [-0.15, -0.1) is 0 Å². The third-order valence-corrected chi connectivity index (χ3v) is 4.32. The van der Waals surface area contributed by atoms with Crippen LogP contribution in [0.5, 0.6) is 0 Å². The van der Waals surface area contributed by atoms with Gasteiger partial charge < -0.3 is 14.5 Å². The molecule has 0 saturated heterocycles. The molecule has 0 unspecified atom stereocenters. The number of carbonyl (C=O) groups is 1. The minimum atomic E-state index is -1.18. The summed E-state index contributed by atoms with van der Waals surface area (Å²) in [4.78, 5) is 28.0. The number of aromatic nitrogens is 2. The van der Waals surface area contributed by atoms with Crippen molar-refractivity contribution in [1.82, 2.24) is 9.55 Å². The number of nitrogens with zero attached hydrogens (tertiary/aromatic N) is 2. The summed E-state index contributed by atoms with van der Waals surface area (Å²) in [7, 11) is 0. The molecule has 0 aliphatic heterocycles. The topological polar surface area (TPSA) is 75.0 Å². The van der Waals surface area contributed by atoms with Crippen molar-refractivity contribution in [2.45, 2.75) is 33.2 Å². The first-order valence-electron chi connectivity index (χ1n) is 8.20. The molecule has 0 bridgehead atoms. The molecule has 0 radical (unpaired) electrons. The van der Waals surface area contributed by atoms with Gasteiger partial charge in [0.2, 0.25) is 0 Å². The largest absolute Gasteiger partial charge is 0.550 e.